The monoisotopic (exact) mass is 517 g/mol. The van der Waals surface area contributed by atoms with Crippen LogP contribution in [0.2, 0.25) is 0 Å². The maximum Gasteiger partial charge on any atom is 0.287 e. The fraction of sp³-hybridized carbons (Fsp3) is 0.212. The summed E-state index contributed by atoms with van der Waals surface area (Å²) in [5, 5.41) is 13.1. The van der Waals surface area contributed by atoms with E-state index >= 15 is 0 Å². The van der Waals surface area contributed by atoms with E-state index in [4.69, 9.17) is 4.42 Å². The zero-order chi connectivity index (χ0) is 26.9. The van der Waals surface area contributed by atoms with E-state index in [9.17, 15) is 9.59 Å². The molecule has 0 aliphatic carbocycles. The molecule has 0 fully saturated rings. The summed E-state index contributed by atoms with van der Waals surface area (Å²) >= 11 is 0. The number of amides is 1. The molecule has 0 spiro atoms. The SMILES string of the molecule is O=C(CCCCCCc1ccccc1)C(=O)NCc1nnc(-c2ccc(-c3ccc4ccccc4c3)cc2)o1. The van der Waals surface area contributed by atoms with Crippen LogP contribution in [-0.4, -0.2) is 21.9 Å². The molecule has 1 amide bonds. The minimum absolute atomic E-state index is 0.0177. The maximum absolute atomic E-state index is 12.2. The summed E-state index contributed by atoms with van der Waals surface area (Å²) in [5.41, 5.74) is 4.33. The summed E-state index contributed by atoms with van der Waals surface area (Å²) in [6.45, 7) is 0.0177. The molecule has 4 aromatic carbocycles. The van der Waals surface area contributed by atoms with Gasteiger partial charge >= 0.3 is 0 Å². The normalized spacial score (nSPS) is 11.0. The van der Waals surface area contributed by atoms with Crippen molar-refractivity contribution in [2.24, 2.45) is 0 Å². The van der Waals surface area contributed by atoms with E-state index in [1.54, 1.807) is 0 Å². The summed E-state index contributed by atoms with van der Waals surface area (Å²) in [4.78, 5) is 24.4. The molecule has 39 heavy (non-hydrogen) atoms. The second-order valence-corrected chi connectivity index (χ2v) is 9.65. The van der Waals surface area contributed by atoms with Gasteiger partial charge < -0.3 is 9.73 Å². The van der Waals surface area contributed by atoms with Gasteiger partial charge in [-0.25, -0.2) is 0 Å². The number of Topliss-reactive ketones (excluding diaryl/α,β-unsaturated/α-hetero) is 1. The first kappa shape index (κ1) is 26.0. The summed E-state index contributed by atoms with van der Waals surface area (Å²) in [5.74, 6) is -0.405. The van der Waals surface area contributed by atoms with Gasteiger partial charge in [0.2, 0.25) is 17.6 Å². The number of aromatic nitrogens is 2. The van der Waals surface area contributed by atoms with E-state index in [2.05, 4.69) is 58.0 Å². The fourth-order valence-corrected chi connectivity index (χ4v) is 4.60. The van der Waals surface area contributed by atoms with E-state index < -0.39 is 11.7 Å². The average molecular weight is 518 g/mol. The van der Waals surface area contributed by atoms with Gasteiger partial charge in [-0.2, -0.15) is 0 Å². The highest BCUT2D eigenvalue weighted by Crippen LogP contribution is 2.27. The Balaban J connectivity index is 1.06. The lowest BCUT2D eigenvalue weighted by molar-refractivity contribution is -0.138. The van der Waals surface area contributed by atoms with Crippen LogP contribution in [0, 0.1) is 0 Å². The van der Waals surface area contributed by atoms with Gasteiger partial charge in [-0.1, -0.05) is 91.7 Å². The standard InChI is InChI=1S/C33H31N3O3/c37-30(15-7-2-1-4-10-24-11-5-3-6-12-24)32(38)34-23-31-35-36-33(39-31)27-19-16-26(17-20-27)29-21-18-25-13-8-9-14-28(25)22-29/h3,5-6,8-9,11-14,16-22H,1-2,4,7,10,15,23H2,(H,34,38). The molecule has 0 unspecified atom stereocenters. The Kier molecular flexibility index (Phi) is 8.54. The number of carbonyl (C=O) groups is 2. The van der Waals surface area contributed by atoms with Crippen LogP contribution in [0.1, 0.15) is 43.6 Å². The summed E-state index contributed by atoms with van der Waals surface area (Å²) in [6, 6.07) is 33.0. The van der Waals surface area contributed by atoms with E-state index in [1.807, 2.05) is 54.6 Å². The third-order valence-corrected chi connectivity index (χ3v) is 6.80. The number of aryl methyl sites for hydroxylation is 1. The molecule has 0 saturated heterocycles. The number of nitrogens with zero attached hydrogens (tertiary/aromatic N) is 2. The predicted molar refractivity (Wildman–Crippen MR) is 153 cm³/mol. The lowest BCUT2D eigenvalue weighted by Crippen LogP contribution is -2.30. The number of hydrogen-bond acceptors (Lipinski definition) is 5. The minimum atomic E-state index is -0.612. The van der Waals surface area contributed by atoms with Gasteiger partial charge in [-0.3, -0.25) is 9.59 Å². The molecule has 0 radical (unpaired) electrons. The van der Waals surface area contributed by atoms with Crippen molar-refractivity contribution in [3.8, 4) is 22.6 Å². The van der Waals surface area contributed by atoms with Crippen molar-refractivity contribution in [3.05, 3.63) is 109 Å². The first-order chi connectivity index (χ1) is 19.2. The third-order valence-electron chi connectivity index (χ3n) is 6.80. The Hall–Kier alpha value is -4.58. The largest absolute Gasteiger partial charge is 0.419 e. The molecule has 196 valence electrons. The van der Waals surface area contributed by atoms with Crippen molar-refractivity contribution >= 4 is 22.5 Å². The van der Waals surface area contributed by atoms with Gasteiger partial charge in [0, 0.05) is 12.0 Å². The van der Waals surface area contributed by atoms with Crippen LogP contribution in [0.3, 0.4) is 0 Å². The van der Waals surface area contributed by atoms with E-state index in [1.165, 1.54) is 16.3 Å². The summed E-state index contributed by atoms with van der Waals surface area (Å²) < 4.78 is 5.72. The van der Waals surface area contributed by atoms with Crippen molar-refractivity contribution in [1.82, 2.24) is 15.5 Å². The van der Waals surface area contributed by atoms with Gasteiger partial charge in [-0.05, 0) is 64.9 Å². The predicted octanol–water partition coefficient (Wildman–Crippen LogP) is 6.94. The molecule has 0 bridgehead atoms. The van der Waals surface area contributed by atoms with Crippen molar-refractivity contribution in [1.29, 1.82) is 0 Å². The molecular formula is C33H31N3O3. The van der Waals surface area contributed by atoms with Crippen LogP contribution in [0.4, 0.5) is 0 Å². The van der Waals surface area contributed by atoms with Gasteiger partial charge in [0.05, 0.1) is 6.54 Å². The number of unbranched alkanes of at least 4 members (excludes halogenated alkanes) is 3. The average Bonchev–Trinajstić information content (AvgIpc) is 3.47. The first-order valence-electron chi connectivity index (χ1n) is 13.4. The van der Waals surface area contributed by atoms with Gasteiger partial charge in [-0.15, -0.1) is 10.2 Å². The topological polar surface area (TPSA) is 85.1 Å². The number of fused-ring (bicyclic) bond motifs is 1. The van der Waals surface area contributed by atoms with E-state index in [0.717, 1.165) is 42.4 Å². The number of benzene rings is 4. The van der Waals surface area contributed by atoms with Crippen molar-refractivity contribution in [2.75, 3.05) is 0 Å². The Morgan fingerprint density at radius 2 is 1.36 bits per heavy atom. The van der Waals surface area contributed by atoms with Gasteiger partial charge in [0.25, 0.3) is 5.91 Å². The minimum Gasteiger partial charge on any atom is -0.419 e. The third kappa shape index (κ3) is 7.05. The second kappa shape index (κ2) is 12.8. The molecule has 5 aromatic rings. The molecule has 1 aromatic heterocycles. The number of rotatable bonds is 12. The van der Waals surface area contributed by atoms with E-state index in [0.29, 0.717) is 12.3 Å². The zero-order valence-corrected chi connectivity index (χ0v) is 21.8. The molecule has 1 N–H and O–H groups in total. The molecule has 6 nitrogen and oxygen atoms in total. The van der Waals surface area contributed by atoms with Crippen LogP contribution in [0.25, 0.3) is 33.4 Å². The van der Waals surface area contributed by atoms with Crippen molar-refractivity contribution in [2.45, 2.75) is 45.1 Å². The second-order valence-electron chi connectivity index (χ2n) is 9.65. The molecule has 1 heterocycles. The zero-order valence-electron chi connectivity index (χ0n) is 21.8. The van der Waals surface area contributed by atoms with Crippen LogP contribution in [0.5, 0.6) is 0 Å². The number of nitrogens with one attached hydrogen (secondary N) is 1. The fourth-order valence-electron chi connectivity index (χ4n) is 4.60. The lowest BCUT2D eigenvalue weighted by atomic mass is 10.0. The molecular weight excluding hydrogens is 486 g/mol. The van der Waals surface area contributed by atoms with Gasteiger partial charge in [0.1, 0.15) is 0 Å². The molecule has 0 aliphatic rings. The Morgan fingerprint density at radius 3 is 2.18 bits per heavy atom. The molecule has 0 aliphatic heterocycles. The van der Waals surface area contributed by atoms with E-state index in [-0.39, 0.29) is 18.9 Å². The molecule has 0 saturated carbocycles. The van der Waals surface area contributed by atoms with Crippen molar-refractivity contribution in [3.63, 3.8) is 0 Å². The lowest BCUT2D eigenvalue weighted by Gasteiger charge is -2.05. The number of hydrogen-bond donors (Lipinski definition) is 1. The number of carbonyl (C=O) groups excluding carboxylic acids is 2. The van der Waals surface area contributed by atoms with Crippen LogP contribution in [-0.2, 0) is 22.6 Å². The summed E-state index contributed by atoms with van der Waals surface area (Å²) in [6.07, 6.45) is 5.04. The molecule has 5 rings (SSSR count). The van der Waals surface area contributed by atoms with Crippen LogP contribution < -0.4 is 5.32 Å². The van der Waals surface area contributed by atoms with Crippen molar-refractivity contribution < 1.29 is 14.0 Å². The first-order valence-corrected chi connectivity index (χ1v) is 13.4. The Morgan fingerprint density at radius 1 is 0.667 bits per heavy atom. The smallest absolute Gasteiger partial charge is 0.287 e. The Labute approximate surface area is 228 Å². The van der Waals surface area contributed by atoms with Crippen LogP contribution in [0.15, 0.2) is 101 Å². The number of ketones is 1. The summed E-state index contributed by atoms with van der Waals surface area (Å²) in [7, 11) is 0. The van der Waals surface area contributed by atoms with Gasteiger partial charge in [0.15, 0.2) is 0 Å². The Bertz CT molecular complexity index is 1540. The highest BCUT2D eigenvalue weighted by atomic mass is 16.4. The molecule has 0 atom stereocenters. The maximum atomic E-state index is 12.2. The highest BCUT2D eigenvalue weighted by Gasteiger charge is 2.15. The van der Waals surface area contributed by atoms with Crippen LogP contribution >= 0.6 is 0 Å². The highest BCUT2D eigenvalue weighted by molar-refractivity contribution is 6.36. The quantitative estimate of drug-likeness (QED) is 0.143. The molecule has 6 heteroatoms.